The molecule has 0 radical (unpaired) electrons. The Labute approximate surface area is 89.3 Å². The maximum absolute atomic E-state index is 11.0. The monoisotopic (exact) mass is 203 g/mol. The standard InChI is InChI=1S/C12H13NO2/c1-8-4-5-11(7-13)6-12(8)15-10(3)9(2)14/h4-6,10H,1-3H3. The summed E-state index contributed by atoms with van der Waals surface area (Å²) in [5.74, 6) is 0.563. The van der Waals surface area contributed by atoms with Crippen LogP contribution < -0.4 is 4.74 Å². The molecule has 1 atom stereocenters. The van der Waals surface area contributed by atoms with Crippen LogP contribution in [-0.4, -0.2) is 11.9 Å². The third kappa shape index (κ3) is 2.81. The van der Waals surface area contributed by atoms with Crippen LogP contribution in [0.15, 0.2) is 18.2 Å². The topological polar surface area (TPSA) is 50.1 Å². The number of carbonyl (C=O) groups excluding carboxylic acids is 1. The fourth-order valence-electron chi connectivity index (χ4n) is 1.07. The predicted molar refractivity (Wildman–Crippen MR) is 56.7 cm³/mol. The van der Waals surface area contributed by atoms with Crippen LogP contribution in [0.25, 0.3) is 0 Å². The van der Waals surface area contributed by atoms with Crippen LogP contribution in [0.1, 0.15) is 25.0 Å². The normalized spacial score (nSPS) is 11.6. The minimum absolute atomic E-state index is 0.0308. The van der Waals surface area contributed by atoms with Crippen LogP contribution in [0.3, 0.4) is 0 Å². The molecule has 0 aliphatic heterocycles. The quantitative estimate of drug-likeness (QED) is 0.756. The van der Waals surface area contributed by atoms with E-state index in [1.165, 1.54) is 6.92 Å². The zero-order valence-electron chi connectivity index (χ0n) is 9.07. The highest BCUT2D eigenvalue weighted by Crippen LogP contribution is 2.20. The highest BCUT2D eigenvalue weighted by atomic mass is 16.5. The van der Waals surface area contributed by atoms with Gasteiger partial charge in [0.05, 0.1) is 11.6 Å². The molecule has 0 aliphatic carbocycles. The predicted octanol–water partition coefficient (Wildman–Crippen LogP) is 2.22. The molecule has 78 valence electrons. The van der Waals surface area contributed by atoms with Crippen molar-refractivity contribution in [1.82, 2.24) is 0 Å². The van der Waals surface area contributed by atoms with Crippen LogP contribution in [-0.2, 0) is 4.79 Å². The number of aryl methyl sites for hydroxylation is 1. The van der Waals surface area contributed by atoms with E-state index in [1.807, 2.05) is 13.0 Å². The molecular weight excluding hydrogens is 190 g/mol. The molecule has 1 aromatic rings. The Morgan fingerprint density at radius 2 is 2.20 bits per heavy atom. The number of Topliss-reactive ketones (excluding diaryl/α,β-unsaturated/α-hetero) is 1. The van der Waals surface area contributed by atoms with Crippen LogP contribution in [0.5, 0.6) is 5.75 Å². The van der Waals surface area contributed by atoms with E-state index in [2.05, 4.69) is 0 Å². The Hall–Kier alpha value is -1.82. The van der Waals surface area contributed by atoms with Crippen molar-refractivity contribution in [1.29, 1.82) is 5.26 Å². The van der Waals surface area contributed by atoms with E-state index in [4.69, 9.17) is 10.00 Å². The average Bonchev–Trinajstić information content (AvgIpc) is 2.21. The summed E-state index contributed by atoms with van der Waals surface area (Å²) < 4.78 is 5.45. The van der Waals surface area contributed by atoms with E-state index in [0.717, 1.165) is 5.56 Å². The zero-order chi connectivity index (χ0) is 11.4. The third-order valence-corrected chi connectivity index (χ3v) is 2.19. The summed E-state index contributed by atoms with van der Waals surface area (Å²) in [6, 6.07) is 7.21. The van der Waals surface area contributed by atoms with E-state index in [9.17, 15) is 4.79 Å². The maximum atomic E-state index is 11.0. The molecule has 0 saturated heterocycles. The molecule has 1 rings (SSSR count). The van der Waals surface area contributed by atoms with Crippen molar-refractivity contribution in [2.45, 2.75) is 26.9 Å². The molecule has 0 aromatic heterocycles. The summed E-state index contributed by atoms with van der Waals surface area (Å²) in [6.45, 7) is 5.05. The van der Waals surface area contributed by atoms with Crippen molar-refractivity contribution in [2.24, 2.45) is 0 Å². The Bertz CT molecular complexity index is 418. The molecule has 0 bridgehead atoms. The van der Waals surface area contributed by atoms with Crippen LogP contribution in [0.4, 0.5) is 0 Å². The molecule has 0 heterocycles. The fraction of sp³-hybridized carbons (Fsp3) is 0.333. The van der Waals surface area contributed by atoms with Gasteiger partial charge in [-0.3, -0.25) is 4.79 Å². The highest BCUT2D eigenvalue weighted by Gasteiger charge is 2.11. The van der Waals surface area contributed by atoms with E-state index in [-0.39, 0.29) is 5.78 Å². The SMILES string of the molecule is CC(=O)C(C)Oc1cc(C#N)ccc1C. The summed E-state index contributed by atoms with van der Waals surface area (Å²) in [5, 5.41) is 8.72. The number of nitrogens with zero attached hydrogens (tertiary/aromatic N) is 1. The second-order valence-electron chi connectivity index (χ2n) is 3.46. The van der Waals surface area contributed by atoms with E-state index in [1.54, 1.807) is 25.1 Å². The molecule has 3 nitrogen and oxygen atoms in total. The molecule has 0 N–H and O–H groups in total. The van der Waals surface area contributed by atoms with E-state index in [0.29, 0.717) is 11.3 Å². The molecule has 1 aromatic carbocycles. The average molecular weight is 203 g/mol. The van der Waals surface area contributed by atoms with E-state index < -0.39 is 6.10 Å². The summed E-state index contributed by atoms with van der Waals surface area (Å²) in [5.41, 5.74) is 1.45. The van der Waals surface area contributed by atoms with Gasteiger partial charge in [-0.25, -0.2) is 0 Å². The molecule has 0 spiro atoms. The molecule has 0 fully saturated rings. The maximum Gasteiger partial charge on any atom is 0.169 e. The largest absolute Gasteiger partial charge is 0.483 e. The van der Waals surface area contributed by atoms with E-state index >= 15 is 0 Å². The second kappa shape index (κ2) is 4.61. The Balaban J connectivity index is 2.94. The number of nitriles is 1. The molecular formula is C12H13NO2. The molecule has 1 unspecified atom stereocenters. The molecule has 0 amide bonds. The zero-order valence-corrected chi connectivity index (χ0v) is 9.07. The van der Waals surface area contributed by atoms with Gasteiger partial charge in [0.15, 0.2) is 11.9 Å². The molecule has 0 saturated carbocycles. The summed E-state index contributed by atoms with van der Waals surface area (Å²) >= 11 is 0. The number of ether oxygens (including phenoxy) is 1. The van der Waals surface area contributed by atoms with Crippen molar-refractivity contribution in [3.05, 3.63) is 29.3 Å². The number of hydrogen-bond donors (Lipinski definition) is 0. The number of ketones is 1. The highest BCUT2D eigenvalue weighted by molar-refractivity contribution is 5.80. The van der Waals surface area contributed by atoms with Crippen molar-refractivity contribution >= 4 is 5.78 Å². The third-order valence-electron chi connectivity index (χ3n) is 2.19. The second-order valence-corrected chi connectivity index (χ2v) is 3.46. The number of rotatable bonds is 3. The first-order valence-corrected chi connectivity index (χ1v) is 4.72. The first-order valence-electron chi connectivity index (χ1n) is 4.72. The lowest BCUT2D eigenvalue weighted by Crippen LogP contribution is -2.21. The minimum Gasteiger partial charge on any atom is -0.483 e. The van der Waals surface area contributed by atoms with Crippen molar-refractivity contribution < 1.29 is 9.53 Å². The van der Waals surface area contributed by atoms with Crippen LogP contribution in [0.2, 0.25) is 0 Å². The van der Waals surface area contributed by atoms with Gasteiger partial charge in [-0.2, -0.15) is 5.26 Å². The lowest BCUT2D eigenvalue weighted by molar-refractivity contribution is -0.122. The number of benzene rings is 1. The summed E-state index contributed by atoms with van der Waals surface area (Å²) in [6.07, 6.45) is -0.474. The minimum atomic E-state index is -0.474. The Morgan fingerprint density at radius 1 is 1.53 bits per heavy atom. The van der Waals surface area contributed by atoms with Gasteiger partial charge in [-0.1, -0.05) is 6.07 Å². The van der Waals surface area contributed by atoms with Gasteiger partial charge in [0.1, 0.15) is 5.75 Å². The summed E-state index contributed by atoms with van der Waals surface area (Å²) in [4.78, 5) is 11.0. The Kier molecular flexibility index (Phi) is 3.46. The van der Waals surface area contributed by atoms with Gasteiger partial charge in [-0.05, 0) is 38.5 Å². The number of hydrogen-bond acceptors (Lipinski definition) is 3. The van der Waals surface area contributed by atoms with Gasteiger partial charge in [0.25, 0.3) is 0 Å². The first-order chi connectivity index (χ1) is 7.04. The van der Waals surface area contributed by atoms with Crippen LogP contribution in [0, 0.1) is 18.3 Å². The van der Waals surface area contributed by atoms with Gasteiger partial charge in [-0.15, -0.1) is 0 Å². The van der Waals surface area contributed by atoms with Crippen molar-refractivity contribution in [2.75, 3.05) is 0 Å². The molecule has 0 aliphatic rings. The number of carbonyl (C=O) groups is 1. The van der Waals surface area contributed by atoms with Gasteiger partial charge in [0, 0.05) is 0 Å². The van der Waals surface area contributed by atoms with Crippen molar-refractivity contribution in [3.63, 3.8) is 0 Å². The Morgan fingerprint density at radius 3 is 2.73 bits per heavy atom. The van der Waals surface area contributed by atoms with Crippen LogP contribution >= 0.6 is 0 Å². The van der Waals surface area contributed by atoms with Gasteiger partial charge >= 0.3 is 0 Å². The fourth-order valence-corrected chi connectivity index (χ4v) is 1.07. The first kappa shape index (κ1) is 11.3. The smallest absolute Gasteiger partial charge is 0.169 e. The molecule has 3 heteroatoms. The summed E-state index contributed by atoms with van der Waals surface area (Å²) in [7, 11) is 0. The lowest BCUT2D eigenvalue weighted by atomic mass is 10.1. The lowest BCUT2D eigenvalue weighted by Gasteiger charge is -2.13. The molecule has 15 heavy (non-hydrogen) atoms. The van der Waals surface area contributed by atoms with Crippen molar-refractivity contribution in [3.8, 4) is 11.8 Å². The van der Waals surface area contributed by atoms with Gasteiger partial charge in [0.2, 0.25) is 0 Å². The van der Waals surface area contributed by atoms with Gasteiger partial charge < -0.3 is 4.74 Å².